The molecule has 1 atom stereocenters. The maximum absolute atomic E-state index is 13.4. The Labute approximate surface area is 209 Å². The molecule has 188 valence electrons. The molecule has 0 aliphatic carbocycles. The highest BCUT2D eigenvalue weighted by atomic mass is 16.5. The number of amides is 1. The first-order valence-electron chi connectivity index (χ1n) is 13.3. The van der Waals surface area contributed by atoms with E-state index in [2.05, 4.69) is 53.1 Å². The van der Waals surface area contributed by atoms with Crippen molar-refractivity contribution in [3.63, 3.8) is 0 Å². The van der Waals surface area contributed by atoms with Crippen molar-refractivity contribution in [3.05, 3.63) is 64.7 Å². The summed E-state index contributed by atoms with van der Waals surface area (Å²) in [5.74, 6) is 1.25. The number of fused-ring (bicyclic) bond motifs is 2. The van der Waals surface area contributed by atoms with Gasteiger partial charge in [0.1, 0.15) is 12.4 Å². The molecule has 0 aromatic heterocycles. The quantitative estimate of drug-likeness (QED) is 0.633. The van der Waals surface area contributed by atoms with Gasteiger partial charge >= 0.3 is 0 Å². The van der Waals surface area contributed by atoms with Gasteiger partial charge in [-0.15, -0.1) is 0 Å². The number of carbonyl (C=O) groups is 1. The van der Waals surface area contributed by atoms with E-state index in [0.717, 1.165) is 84.0 Å². The lowest BCUT2D eigenvalue weighted by molar-refractivity contribution is 0.0713. The van der Waals surface area contributed by atoms with Crippen LogP contribution >= 0.6 is 0 Å². The van der Waals surface area contributed by atoms with Crippen LogP contribution in [0, 0.1) is 5.92 Å². The highest BCUT2D eigenvalue weighted by Crippen LogP contribution is 2.26. The van der Waals surface area contributed by atoms with E-state index in [1.807, 2.05) is 11.0 Å². The van der Waals surface area contributed by atoms with Gasteiger partial charge in [-0.2, -0.15) is 0 Å². The van der Waals surface area contributed by atoms with Crippen LogP contribution in [0.1, 0.15) is 46.8 Å². The van der Waals surface area contributed by atoms with Gasteiger partial charge in [0, 0.05) is 59.0 Å². The van der Waals surface area contributed by atoms with E-state index in [9.17, 15) is 4.79 Å². The highest BCUT2D eigenvalue weighted by molar-refractivity contribution is 5.97. The molecule has 3 aliphatic heterocycles. The molecular weight excluding hydrogens is 438 g/mol. The van der Waals surface area contributed by atoms with Gasteiger partial charge < -0.3 is 14.4 Å². The molecule has 0 radical (unpaired) electrons. The second kappa shape index (κ2) is 11.5. The van der Waals surface area contributed by atoms with Crippen LogP contribution in [0.5, 0.6) is 5.75 Å². The number of nitrogens with zero attached hydrogens (tertiary/aromatic N) is 3. The van der Waals surface area contributed by atoms with E-state index in [4.69, 9.17) is 9.47 Å². The van der Waals surface area contributed by atoms with Crippen LogP contribution in [0.15, 0.2) is 42.5 Å². The van der Waals surface area contributed by atoms with Crippen molar-refractivity contribution >= 4 is 5.91 Å². The third kappa shape index (κ3) is 6.24. The van der Waals surface area contributed by atoms with Gasteiger partial charge in [0.2, 0.25) is 0 Å². The number of rotatable bonds is 6. The van der Waals surface area contributed by atoms with Crippen LogP contribution in [-0.2, 0) is 24.2 Å². The molecule has 1 fully saturated rings. The summed E-state index contributed by atoms with van der Waals surface area (Å²) in [6.45, 7) is 12.0. The molecular formula is C29H39N3O3. The van der Waals surface area contributed by atoms with Crippen molar-refractivity contribution in [2.75, 3.05) is 59.1 Å². The van der Waals surface area contributed by atoms with Crippen molar-refractivity contribution in [1.82, 2.24) is 14.7 Å². The van der Waals surface area contributed by atoms with Crippen molar-refractivity contribution < 1.29 is 14.3 Å². The van der Waals surface area contributed by atoms with Gasteiger partial charge in [-0.25, -0.2) is 0 Å². The Morgan fingerprint density at radius 3 is 2.51 bits per heavy atom. The Bertz CT molecular complexity index is 1000. The molecule has 2 aromatic carbocycles. The van der Waals surface area contributed by atoms with Gasteiger partial charge in [0.05, 0.1) is 12.1 Å². The van der Waals surface area contributed by atoms with E-state index in [1.54, 1.807) is 0 Å². The van der Waals surface area contributed by atoms with Crippen molar-refractivity contribution in [2.24, 2.45) is 5.92 Å². The minimum atomic E-state index is 0.100. The van der Waals surface area contributed by atoms with Gasteiger partial charge in [-0.05, 0) is 54.0 Å². The highest BCUT2D eigenvalue weighted by Gasteiger charge is 2.26. The van der Waals surface area contributed by atoms with Gasteiger partial charge in [-0.3, -0.25) is 14.6 Å². The maximum atomic E-state index is 13.4. The van der Waals surface area contributed by atoms with Crippen LogP contribution in [0.4, 0.5) is 0 Å². The Morgan fingerprint density at radius 2 is 1.69 bits per heavy atom. The summed E-state index contributed by atoms with van der Waals surface area (Å²) in [5, 5.41) is 0. The lowest BCUT2D eigenvalue weighted by Crippen LogP contribution is -2.41. The molecule has 35 heavy (non-hydrogen) atoms. The average molecular weight is 478 g/mol. The minimum absolute atomic E-state index is 0.100. The van der Waals surface area contributed by atoms with Crippen LogP contribution in [0.3, 0.4) is 0 Å². The van der Waals surface area contributed by atoms with E-state index < -0.39 is 0 Å². The van der Waals surface area contributed by atoms with Crippen molar-refractivity contribution in [1.29, 1.82) is 0 Å². The lowest BCUT2D eigenvalue weighted by atomic mass is 9.99. The Morgan fingerprint density at radius 1 is 0.886 bits per heavy atom. The zero-order valence-electron chi connectivity index (χ0n) is 21.1. The summed E-state index contributed by atoms with van der Waals surface area (Å²) < 4.78 is 11.7. The molecule has 0 N–H and O–H groups in total. The third-order valence-electron chi connectivity index (χ3n) is 7.43. The predicted octanol–water partition coefficient (Wildman–Crippen LogP) is 3.83. The first-order valence-corrected chi connectivity index (χ1v) is 13.3. The summed E-state index contributed by atoms with van der Waals surface area (Å²) >= 11 is 0. The van der Waals surface area contributed by atoms with Crippen molar-refractivity contribution in [2.45, 2.75) is 39.3 Å². The molecule has 6 nitrogen and oxygen atoms in total. The predicted molar refractivity (Wildman–Crippen MR) is 138 cm³/mol. The van der Waals surface area contributed by atoms with Crippen LogP contribution < -0.4 is 4.74 Å². The SMILES string of the molecule is C[C@H](CN1CCc2ccccc2C1)CN1CCOc2cc(CN3CCCOCCC3)ccc2C1=O. The summed E-state index contributed by atoms with van der Waals surface area (Å²) in [4.78, 5) is 20.4. The molecule has 0 bridgehead atoms. The molecule has 3 heterocycles. The molecule has 3 aliphatic rings. The smallest absolute Gasteiger partial charge is 0.257 e. The van der Waals surface area contributed by atoms with E-state index in [0.29, 0.717) is 24.6 Å². The standard InChI is InChI=1S/C29H39N3O3/c1-23(19-31-13-10-25-6-2-3-7-26(25)22-31)20-32-14-17-35-28-18-24(8-9-27(28)29(32)33)21-30-11-4-15-34-16-5-12-30/h2-3,6-9,18,23H,4-5,10-17,19-22H2,1H3/t23-/m1/s1. The normalized spacial score (nSPS) is 20.7. The van der Waals surface area contributed by atoms with Gasteiger partial charge in [0.15, 0.2) is 0 Å². The number of carbonyl (C=O) groups excluding carboxylic acids is 1. The van der Waals surface area contributed by atoms with E-state index >= 15 is 0 Å². The van der Waals surface area contributed by atoms with Crippen LogP contribution in [0.2, 0.25) is 0 Å². The zero-order chi connectivity index (χ0) is 24.0. The number of ether oxygens (including phenoxy) is 2. The number of hydrogen-bond acceptors (Lipinski definition) is 5. The first kappa shape index (κ1) is 24.3. The first-order chi connectivity index (χ1) is 17.2. The molecule has 1 saturated heterocycles. The number of benzene rings is 2. The topological polar surface area (TPSA) is 45.2 Å². The Hall–Kier alpha value is -2.41. The summed E-state index contributed by atoms with van der Waals surface area (Å²) in [7, 11) is 0. The molecule has 0 saturated carbocycles. The minimum Gasteiger partial charge on any atom is -0.491 e. The second-order valence-electron chi connectivity index (χ2n) is 10.4. The van der Waals surface area contributed by atoms with E-state index in [-0.39, 0.29) is 5.91 Å². The van der Waals surface area contributed by atoms with Gasteiger partial charge in [-0.1, -0.05) is 37.3 Å². The fourth-order valence-electron chi connectivity index (χ4n) is 5.67. The Kier molecular flexibility index (Phi) is 8.02. The average Bonchev–Trinajstić information content (AvgIpc) is 2.99. The van der Waals surface area contributed by atoms with Crippen molar-refractivity contribution in [3.8, 4) is 5.75 Å². The lowest BCUT2D eigenvalue weighted by Gasteiger charge is -2.32. The Balaban J connectivity index is 1.18. The number of hydrogen-bond donors (Lipinski definition) is 0. The molecule has 0 spiro atoms. The second-order valence-corrected chi connectivity index (χ2v) is 10.4. The molecule has 0 unspecified atom stereocenters. The van der Waals surface area contributed by atoms with Crippen LogP contribution in [0.25, 0.3) is 0 Å². The van der Waals surface area contributed by atoms with Crippen LogP contribution in [-0.4, -0.2) is 79.7 Å². The molecule has 5 rings (SSSR count). The largest absolute Gasteiger partial charge is 0.491 e. The summed E-state index contributed by atoms with van der Waals surface area (Å²) in [6, 6.07) is 14.9. The molecule has 2 aromatic rings. The summed E-state index contributed by atoms with van der Waals surface area (Å²) in [6.07, 6.45) is 3.24. The molecule has 6 heteroatoms. The fourth-order valence-corrected chi connectivity index (χ4v) is 5.67. The molecule has 1 amide bonds. The maximum Gasteiger partial charge on any atom is 0.257 e. The summed E-state index contributed by atoms with van der Waals surface area (Å²) in [5.41, 5.74) is 4.84. The van der Waals surface area contributed by atoms with Gasteiger partial charge in [0.25, 0.3) is 5.91 Å². The van der Waals surface area contributed by atoms with E-state index in [1.165, 1.54) is 16.7 Å². The third-order valence-corrected chi connectivity index (χ3v) is 7.43. The monoisotopic (exact) mass is 477 g/mol. The zero-order valence-corrected chi connectivity index (χ0v) is 21.1. The fraction of sp³-hybridized carbons (Fsp3) is 0.552.